The van der Waals surface area contributed by atoms with Gasteiger partial charge in [-0.15, -0.1) is 0 Å². The fourth-order valence-electron chi connectivity index (χ4n) is 1.56. The molecular formula is C12H21F2N5O2. The van der Waals surface area contributed by atoms with Crippen LogP contribution in [0.2, 0.25) is 0 Å². The third kappa shape index (κ3) is 6.03. The summed E-state index contributed by atoms with van der Waals surface area (Å²) in [7, 11) is 0. The van der Waals surface area contributed by atoms with E-state index in [-0.39, 0.29) is 31.1 Å². The average Bonchev–Trinajstić information content (AvgIpc) is 2.44. The quantitative estimate of drug-likeness (QED) is 0.671. The molecular weight excluding hydrogens is 284 g/mol. The molecule has 120 valence electrons. The largest absolute Gasteiger partial charge is 0.464 e. The lowest BCUT2D eigenvalue weighted by atomic mass is 10.5. The van der Waals surface area contributed by atoms with E-state index in [1.165, 1.54) is 4.90 Å². The Labute approximate surface area is 122 Å². The summed E-state index contributed by atoms with van der Waals surface area (Å²) in [6, 6.07) is 0.0679. The number of rotatable bonds is 10. The summed E-state index contributed by atoms with van der Waals surface area (Å²) in [5, 5.41) is 12.0. The number of halogens is 2. The van der Waals surface area contributed by atoms with Crippen LogP contribution >= 0.6 is 0 Å². The molecule has 0 radical (unpaired) electrons. The first-order chi connectivity index (χ1) is 10.1. The van der Waals surface area contributed by atoms with Crippen LogP contribution in [0.1, 0.15) is 20.3 Å². The molecule has 1 aromatic heterocycles. The highest BCUT2D eigenvalue weighted by Crippen LogP contribution is 2.16. The Bertz CT molecular complexity index is 423. The van der Waals surface area contributed by atoms with E-state index >= 15 is 0 Å². The van der Waals surface area contributed by atoms with Crippen LogP contribution in [0.5, 0.6) is 6.01 Å². The first-order valence-corrected chi connectivity index (χ1v) is 6.87. The van der Waals surface area contributed by atoms with Gasteiger partial charge >= 0.3 is 6.01 Å². The molecule has 2 N–H and O–H groups in total. The molecule has 0 aliphatic rings. The number of nitrogens with zero attached hydrogens (tertiary/aromatic N) is 4. The summed E-state index contributed by atoms with van der Waals surface area (Å²) < 4.78 is 30.4. The fourth-order valence-corrected chi connectivity index (χ4v) is 1.56. The van der Waals surface area contributed by atoms with Crippen molar-refractivity contribution in [3.63, 3.8) is 0 Å². The third-order valence-electron chi connectivity index (χ3n) is 2.42. The van der Waals surface area contributed by atoms with Crippen LogP contribution in [0.15, 0.2) is 0 Å². The van der Waals surface area contributed by atoms with Gasteiger partial charge in [-0.05, 0) is 13.3 Å². The number of aliphatic hydroxyl groups excluding tert-OH is 1. The molecule has 0 saturated carbocycles. The van der Waals surface area contributed by atoms with E-state index in [0.29, 0.717) is 13.2 Å². The Morgan fingerprint density at radius 1 is 1.29 bits per heavy atom. The standard InChI is InChI=1S/C12H21F2N5O2/c1-3-5-15-10-16-11(18-12(17-10)21-4-2)19(6-7-20)8-9(13)14/h9,20H,3-8H2,1-2H3,(H,15,16,17,18). The molecule has 0 bridgehead atoms. The summed E-state index contributed by atoms with van der Waals surface area (Å²) in [6.45, 7) is 3.91. The SMILES string of the molecule is CCCNc1nc(OCC)nc(N(CCO)CC(F)F)n1. The van der Waals surface area contributed by atoms with Crippen molar-refractivity contribution in [2.24, 2.45) is 0 Å². The smallest absolute Gasteiger partial charge is 0.323 e. The van der Waals surface area contributed by atoms with Crippen molar-refractivity contribution in [3.8, 4) is 6.01 Å². The van der Waals surface area contributed by atoms with Crippen LogP contribution in [0.4, 0.5) is 20.7 Å². The van der Waals surface area contributed by atoms with Crippen molar-refractivity contribution >= 4 is 11.9 Å². The van der Waals surface area contributed by atoms with E-state index in [1.807, 2.05) is 6.92 Å². The summed E-state index contributed by atoms with van der Waals surface area (Å²) in [5.41, 5.74) is 0. The van der Waals surface area contributed by atoms with Gasteiger partial charge in [-0.25, -0.2) is 8.78 Å². The Hall–Kier alpha value is -1.77. The van der Waals surface area contributed by atoms with Gasteiger partial charge in [0.25, 0.3) is 6.43 Å². The second-order valence-corrected chi connectivity index (χ2v) is 4.16. The van der Waals surface area contributed by atoms with Crippen LogP contribution < -0.4 is 15.0 Å². The minimum Gasteiger partial charge on any atom is -0.464 e. The Morgan fingerprint density at radius 3 is 2.62 bits per heavy atom. The molecule has 0 aromatic carbocycles. The molecule has 1 heterocycles. The van der Waals surface area contributed by atoms with Crippen molar-refractivity contribution < 1.29 is 18.6 Å². The molecule has 7 nitrogen and oxygen atoms in total. The molecule has 0 saturated heterocycles. The van der Waals surface area contributed by atoms with Crippen molar-refractivity contribution in [1.82, 2.24) is 15.0 Å². The predicted octanol–water partition coefficient (Wildman–Crippen LogP) is 1.16. The Morgan fingerprint density at radius 2 is 2.05 bits per heavy atom. The minimum atomic E-state index is -2.56. The molecule has 9 heteroatoms. The van der Waals surface area contributed by atoms with Gasteiger partial charge in [-0.3, -0.25) is 0 Å². The molecule has 0 aliphatic heterocycles. The predicted molar refractivity (Wildman–Crippen MR) is 75.1 cm³/mol. The lowest BCUT2D eigenvalue weighted by molar-refractivity contribution is 0.152. The van der Waals surface area contributed by atoms with Crippen molar-refractivity contribution in [3.05, 3.63) is 0 Å². The number of aliphatic hydroxyl groups is 1. The first-order valence-electron chi connectivity index (χ1n) is 6.87. The maximum Gasteiger partial charge on any atom is 0.323 e. The molecule has 0 fully saturated rings. The third-order valence-corrected chi connectivity index (χ3v) is 2.42. The second-order valence-electron chi connectivity index (χ2n) is 4.16. The van der Waals surface area contributed by atoms with Gasteiger partial charge in [0.05, 0.1) is 19.8 Å². The van der Waals surface area contributed by atoms with Crippen LogP contribution in [0.3, 0.4) is 0 Å². The highest BCUT2D eigenvalue weighted by Gasteiger charge is 2.17. The summed E-state index contributed by atoms with van der Waals surface area (Å²) >= 11 is 0. The van der Waals surface area contributed by atoms with Crippen LogP contribution in [0, 0.1) is 0 Å². The van der Waals surface area contributed by atoms with Gasteiger partial charge in [0.2, 0.25) is 11.9 Å². The molecule has 1 rings (SSSR count). The van der Waals surface area contributed by atoms with E-state index in [9.17, 15) is 8.78 Å². The molecule has 1 aromatic rings. The topological polar surface area (TPSA) is 83.4 Å². The zero-order valence-electron chi connectivity index (χ0n) is 12.2. The number of hydrogen-bond donors (Lipinski definition) is 2. The lowest BCUT2D eigenvalue weighted by Gasteiger charge is -2.21. The molecule has 0 aliphatic carbocycles. The molecule has 0 amide bonds. The number of nitrogens with one attached hydrogen (secondary N) is 1. The maximum absolute atomic E-state index is 12.6. The normalized spacial score (nSPS) is 10.8. The summed E-state index contributed by atoms with van der Waals surface area (Å²) in [5.74, 6) is 0.323. The summed E-state index contributed by atoms with van der Waals surface area (Å²) in [6.07, 6.45) is -1.70. The average molecular weight is 305 g/mol. The highest BCUT2D eigenvalue weighted by molar-refractivity contribution is 5.38. The summed E-state index contributed by atoms with van der Waals surface area (Å²) in [4.78, 5) is 13.3. The van der Waals surface area contributed by atoms with Crippen LogP contribution in [0.25, 0.3) is 0 Å². The number of aromatic nitrogens is 3. The fraction of sp³-hybridized carbons (Fsp3) is 0.750. The second kappa shape index (κ2) is 9.22. The lowest BCUT2D eigenvalue weighted by Crippen LogP contribution is -2.33. The van der Waals surface area contributed by atoms with Crippen molar-refractivity contribution in [2.75, 3.05) is 43.1 Å². The molecule has 0 spiro atoms. The van der Waals surface area contributed by atoms with Gasteiger partial charge < -0.3 is 20.1 Å². The van der Waals surface area contributed by atoms with E-state index < -0.39 is 13.0 Å². The first kappa shape index (κ1) is 17.3. The Kier molecular flexibility index (Phi) is 7.59. The molecule has 0 atom stereocenters. The van der Waals surface area contributed by atoms with E-state index in [2.05, 4.69) is 20.3 Å². The van der Waals surface area contributed by atoms with Gasteiger partial charge in [-0.2, -0.15) is 15.0 Å². The Balaban J connectivity index is 3.01. The zero-order chi connectivity index (χ0) is 15.7. The van der Waals surface area contributed by atoms with Gasteiger partial charge in [-0.1, -0.05) is 6.92 Å². The maximum atomic E-state index is 12.6. The molecule has 0 unspecified atom stereocenters. The monoisotopic (exact) mass is 305 g/mol. The van der Waals surface area contributed by atoms with Crippen LogP contribution in [-0.2, 0) is 0 Å². The minimum absolute atomic E-state index is 0.00708. The zero-order valence-corrected chi connectivity index (χ0v) is 12.2. The number of alkyl halides is 2. The number of hydrogen-bond acceptors (Lipinski definition) is 7. The van der Waals surface area contributed by atoms with Gasteiger partial charge in [0.15, 0.2) is 0 Å². The molecule has 21 heavy (non-hydrogen) atoms. The number of anilines is 2. The van der Waals surface area contributed by atoms with Gasteiger partial charge in [0.1, 0.15) is 0 Å². The highest BCUT2D eigenvalue weighted by atomic mass is 19.3. The van der Waals surface area contributed by atoms with Gasteiger partial charge in [0, 0.05) is 13.1 Å². The number of ether oxygens (including phenoxy) is 1. The van der Waals surface area contributed by atoms with E-state index in [4.69, 9.17) is 9.84 Å². The van der Waals surface area contributed by atoms with Crippen molar-refractivity contribution in [1.29, 1.82) is 0 Å². The van der Waals surface area contributed by atoms with E-state index in [1.54, 1.807) is 6.92 Å². The van der Waals surface area contributed by atoms with E-state index in [0.717, 1.165) is 6.42 Å². The van der Waals surface area contributed by atoms with Crippen LogP contribution in [-0.4, -0.2) is 59.3 Å². The van der Waals surface area contributed by atoms with Crippen molar-refractivity contribution in [2.45, 2.75) is 26.7 Å².